The summed E-state index contributed by atoms with van der Waals surface area (Å²) in [4.78, 5) is 17.8. The Bertz CT molecular complexity index is 478. The lowest BCUT2D eigenvalue weighted by Gasteiger charge is -2.02. The molecule has 1 heterocycles. The molecule has 0 atom stereocenters. The largest absolute Gasteiger partial charge is 0.298 e. The fourth-order valence-corrected chi connectivity index (χ4v) is 1.96. The number of nitrogens with zero attached hydrogens (tertiary/aromatic N) is 2. The van der Waals surface area contributed by atoms with Crippen molar-refractivity contribution in [3.63, 3.8) is 0 Å². The quantitative estimate of drug-likeness (QED) is 0.607. The molecule has 1 aromatic heterocycles. The highest BCUT2D eigenvalue weighted by molar-refractivity contribution is 7.89. The van der Waals surface area contributed by atoms with Crippen LogP contribution in [-0.4, -0.2) is 30.9 Å². The van der Waals surface area contributed by atoms with Crippen molar-refractivity contribution in [3.05, 3.63) is 21.7 Å². The second-order valence-corrected chi connectivity index (χ2v) is 5.68. The highest BCUT2D eigenvalue weighted by Crippen LogP contribution is 2.19. The third kappa shape index (κ3) is 3.40. The summed E-state index contributed by atoms with van der Waals surface area (Å²) in [7, 11) is -3.26. The molecule has 15 heavy (non-hydrogen) atoms. The van der Waals surface area contributed by atoms with E-state index in [0.717, 1.165) is 6.26 Å². The van der Waals surface area contributed by atoms with Crippen molar-refractivity contribution >= 4 is 39.3 Å². The van der Waals surface area contributed by atoms with Crippen molar-refractivity contribution in [1.29, 1.82) is 0 Å². The summed E-state index contributed by atoms with van der Waals surface area (Å²) >= 11 is 11.2. The van der Waals surface area contributed by atoms with Crippen molar-refractivity contribution in [2.45, 2.75) is 5.75 Å². The zero-order valence-electron chi connectivity index (χ0n) is 7.57. The molecule has 0 spiro atoms. The lowest BCUT2D eigenvalue weighted by atomic mass is 10.4. The molecule has 0 aliphatic heterocycles. The van der Waals surface area contributed by atoms with Gasteiger partial charge in [0.2, 0.25) is 0 Å². The maximum Gasteiger partial charge on any atom is 0.156 e. The van der Waals surface area contributed by atoms with Crippen LogP contribution >= 0.6 is 23.2 Å². The van der Waals surface area contributed by atoms with Gasteiger partial charge in [0.05, 0.1) is 5.56 Å². The number of rotatable bonds is 3. The molecule has 5 nitrogen and oxygen atoms in total. The Morgan fingerprint density at radius 3 is 2.07 bits per heavy atom. The summed E-state index contributed by atoms with van der Waals surface area (Å²) in [6.45, 7) is 0. The zero-order valence-corrected chi connectivity index (χ0v) is 9.90. The minimum Gasteiger partial charge on any atom is -0.298 e. The molecule has 0 amide bonds. The summed E-state index contributed by atoms with van der Waals surface area (Å²) in [6.07, 6.45) is 1.45. The van der Waals surface area contributed by atoms with Gasteiger partial charge < -0.3 is 0 Å². The number of carbonyl (C=O) groups is 1. The van der Waals surface area contributed by atoms with E-state index >= 15 is 0 Å². The first-order chi connectivity index (χ1) is 6.83. The fourth-order valence-electron chi connectivity index (χ4n) is 0.853. The molecular weight excluding hydrogens is 263 g/mol. The van der Waals surface area contributed by atoms with Crippen LogP contribution in [-0.2, 0) is 15.6 Å². The molecule has 0 fully saturated rings. The molecule has 0 radical (unpaired) electrons. The lowest BCUT2D eigenvalue weighted by molar-refractivity contribution is 0.112. The third-order valence-electron chi connectivity index (χ3n) is 1.41. The van der Waals surface area contributed by atoms with E-state index < -0.39 is 9.84 Å². The van der Waals surface area contributed by atoms with Crippen LogP contribution in [0.3, 0.4) is 0 Å². The van der Waals surface area contributed by atoms with Gasteiger partial charge in [0, 0.05) is 6.26 Å². The van der Waals surface area contributed by atoms with Crippen LogP contribution in [0.5, 0.6) is 0 Å². The molecular formula is C7H6Cl2N2O3S. The van der Waals surface area contributed by atoms with E-state index in [9.17, 15) is 13.2 Å². The van der Waals surface area contributed by atoms with E-state index in [1.165, 1.54) is 0 Å². The van der Waals surface area contributed by atoms with Gasteiger partial charge in [0.15, 0.2) is 16.1 Å². The molecule has 82 valence electrons. The van der Waals surface area contributed by atoms with Crippen molar-refractivity contribution in [3.8, 4) is 0 Å². The Kier molecular flexibility index (Phi) is 3.64. The lowest BCUT2D eigenvalue weighted by Crippen LogP contribution is -2.07. The topological polar surface area (TPSA) is 77.0 Å². The Morgan fingerprint density at radius 1 is 1.27 bits per heavy atom. The van der Waals surface area contributed by atoms with Crippen molar-refractivity contribution in [2.24, 2.45) is 0 Å². The molecule has 0 aromatic carbocycles. The molecule has 0 unspecified atom stereocenters. The summed E-state index contributed by atoms with van der Waals surface area (Å²) < 4.78 is 21.9. The molecule has 0 N–H and O–H groups in total. The summed E-state index contributed by atoms with van der Waals surface area (Å²) in [5.74, 6) is -0.399. The van der Waals surface area contributed by atoms with Crippen LogP contribution < -0.4 is 0 Å². The minimum absolute atomic E-state index is 0.0295. The molecule has 1 rings (SSSR count). The maximum absolute atomic E-state index is 10.9. The van der Waals surface area contributed by atoms with Gasteiger partial charge in [0.1, 0.15) is 21.9 Å². The monoisotopic (exact) mass is 268 g/mol. The molecule has 8 heteroatoms. The third-order valence-corrected chi connectivity index (χ3v) is 2.77. The fraction of sp³-hybridized carbons (Fsp3) is 0.286. The smallest absolute Gasteiger partial charge is 0.156 e. The summed E-state index contributed by atoms with van der Waals surface area (Å²) in [5, 5.41) is -0.299. The van der Waals surface area contributed by atoms with Crippen molar-refractivity contribution in [1.82, 2.24) is 9.97 Å². The number of aldehydes is 1. The van der Waals surface area contributed by atoms with Crippen molar-refractivity contribution in [2.75, 3.05) is 6.26 Å². The molecule has 0 aliphatic rings. The van der Waals surface area contributed by atoms with Gasteiger partial charge in [-0.05, 0) is 0 Å². The normalized spacial score (nSPS) is 11.4. The summed E-state index contributed by atoms with van der Waals surface area (Å²) in [5.41, 5.74) is -0.0458. The van der Waals surface area contributed by atoms with Gasteiger partial charge in [-0.25, -0.2) is 18.4 Å². The van der Waals surface area contributed by atoms with Crippen LogP contribution in [0.4, 0.5) is 0 Å². The average molecular weight is 269 g/mol. The average Bonchev–Trinajstić information content (AvgIpc) is 1.99. The maximum atomic E-state index is 10.9. The van der Waals surface area contributed by atoms with E-state index in [2.05, 4.69) is 9.97 Å². The number of sulfone groups is 1. The first-order valence-electron chi connectivity index (χ1n) is 3.68. The minimum atomic E-state index is -3.26. The second-order valence-electron chi connectivity index (χ2n) is 2.82. The van der Waals surface area contributed by atoms with Gasteiger partial charge in [-0.3, -0.25) is 4.79 Å². The first-order valence-corrected chi connectivity index (χ1v) is 6.50. The molecule has 0 bridgehead atoms. The zero-order chi connectivity index (χ0) is 11.6. The second kappa shape index (κ2) is 4.42. The Labute approximate surface area is 96.4 Å². The number of aromatic nitrogens is 2. The molecule has 1 aromatic rings. The van der Waals surface area contributed by atoms with Gasteiger partial charge >= 0.3 is 0 Å². The van der Waals surface area contributed by atoms with Gasteiger partial charge in [-0.1, -0.05) is 23.2 Å². The first kappa shape index (κ1) is 12.4. The molecule has 0 saturated heterocycles. The van der Waals surface area contributed by atoms with E-state index in [4.69, 9.17) is 23.2 Å². The van der Waals surface area contributed by atoms with Crippen LogP contribution in [0.1, 0.15) is 16.2 Å². The number of halogens is 2. The van der Waals surface area contributed by atoms with E-state index in [1.807, 2.05) is 0 Å². The van der Waals surface area contributed by atoms with Gasteiger partial charge in [-0.15, -0.1) is 0 Å². The Balaban J connectivity index is 3.20. The standard InChI is InChI=1S/C7H6Cl2N2O3S/c1-15(13,14)3-5-10-6(8)4(2-12)7(9)11-5/h2H,3H2,1H3. The SMILES string of the molecule is CS(=O)(=O)Cc1nc(Cl)c(C=O)c(Cl)n1. The highest BCUT2D eigenvalue weighted by atomic mass is 35.5. The van der Waals surface area contributed by atoms with Crippen LogP contribution in [0.15, 0.2) is 0 Å². The molecule has 0 saturated carbocycles. The van der Waals surface area contributed by atoms with Gasteiger partial charge in [0.25, 0.3) is 0 Å². The highest BCUT2D eigenvalue weighted by Gasteiger charge is 2.14. The van der Waals surface area contributed by atoms with Crippen LogP contribution in [0, 0.1) is 0 Å². The Hall–Kier alpha value is -0.720. The number of carbonyl (C=O) groups excluding carboxylic acids is 1. The Morgan fingerprint density at radius 2 is 1.73 bits per heavy atom. The van der Waals surface area contributed by atoms with E-state index in [1.54, 1.807) is 0 Å². The van der Waals surface area contributed by atoms with E-state index in [-0.39, 0.29) is 27.4 Å². The van der Waals surface area contributed by atoms with Crippen LogP contribution in [0.2, 0.25) is 10.3 Å². The number of hydrogen-bond donors (Lipinski definition) is 0. The number of hydrogen-bond acceptors (Lipinski definition) is 5. The predicted molar refractivity (Wildman–Crippen MR) is 56.0 cm³/mol. The van der Waals surface area contributed by atoms with Gasteiger partial charge in [-0.2, -0.15) is 0 Å². The molecule has 0 aliphatic carbocycles. The summed E-state index contributed by atoms with van der Waals surface area (Å²) in [6, 6.07) is 0. The van der Waals surface area contributed by atoms with E-state index in [0.29, 0.717) is 6.29 Å². The van der Waals surface area contributed by atoms with Crippen LogP contribution in [0.25, 0.3) is 0 Å². The van der Waals surface area contributed by atoms with Crippen molar-refractivity contribution < 1.29 is 13.2 Å². The predicted octanol–water partition coefficient (Wildman–Crippen LogP) is 1.14.